The van der Waals surface area contributed by atoms with E-state index in [0.29, 0.717) is 5.92 Å². The molecule has 1 saturated heterocycles. The summed E-state index contributed by atoms with van der Waals surface area (Å²) < 4.78 is 0. The molecule has 1 unspecified atom stereocenters. The number of benzene rings is 1. The summed E-state index contributed by atoms with van der Waals surface area (Å²) in [5, 5.41) is 0. The number of nitrogens with zero attached hydrogens (tertiary/aromatic N) is 2. The largest absolute Gasteiger partial charge is 0.399 e. The molecule has 1 aliphatic carbocycles. The van der Waals surface area contributed by atoms with Crippen molar-refractivity contribution in [2.24, 2.45) is 5.92 Å². The summed E-state index contributed by atoms with van der Waals surface area (Å²) in [6, 6.07) is 8.38. The van der Waals surface area contributed by atoms with E-state index in [1.54, 1.807) is 0 Å². The molecule has 2 N–H and O–H groups in total. The van der Waals surface area contributed by atoms with Crippen LogP contribution in [-0.4, -0.2) is 49.1 Å². The van der Waals surface area contributed by atoms with E-state index in [4.69, 9.17) is 5.73 Å². The van der Waals surface area contributed by atoms with Crippen molar-refractivity contribution in [1.29, 1.82) is 0 Å². The van der Waals surface area contributed by atoms with E-state index < -0.39 is 0 Å². The maximum absolute atomic E-state index is 5.76. The Morgan fingerprint density at radius 3 is 2.29 bits per heavy atom. The van der Waals surface area contributed by atoms with Crippen LogP contribution in [0.25, 0.3) is 0 Å². The minimum atomic E-state index is 0.620. The van der Waals surface area contributed by atoms with Crippen molar-refractivity contribution in [3.05, 3.63) is 29.8 Å². The Kier molecular flexibility index (Phi) is 4.81. The molecule has 1 aromatic carbocycles. The summed E-state index contributed by atoms with van der Waals surface area (Å²) in [5.41, 5.74) is 8.03. The average Bonchev–Trinajstić information content (AvgIpc) is 3.31. The molecule has 1 aromatic rings. The van der Waals surface area contributed by atoms with Gasteiger partial charge in [0.15, 0.2) is 0 Å². The van der Waals surface area contributed by atoms with E-state index >= 15 is 0 Å². The second-order valence-electron chi connectivity index (χ2n) is 6.94. The van der Waals surface area contributed by atoms with Gasteiger partial charge in [-0.2, -0.15) is 0 Å². The zero-order chi connectivity index (χ0) is 14.7. The standard InChI is InChI=1S/C18H29N3/c1-15(17-4-6-18(19)7-5-17)8-9-20-10-12-21(13-11-20)14-16-2-3-16/h4-7,15-16H,2-3,8-14,19H2,1H3. The van der Waals surface area contributed by atoms with Gasteiger partial charge in [-0.15, -0.1) is 0 Å². The van der Waals surface area contributed by atoms with Crippen LogP contribution in [-0.2, 0) is 0 Å². The molecule has 2 fully saturated rings. The third kappa shape index (κ3) is 4.45. The number of nitrogen functional groups attached to an aromatic ring is 1. The zero-order valence-electron chi connectivity index (χ0n) is 13.3. The van der Waals surface area contributed by atoms with Crippen LogP contribution in [0.15, 0.2) is 24.3 Å². The van der Waals surface area contributed by atoms with Crippen LogP contribution in [0, 0.1) is 5.92 Å². The van der Waals surface area contributed by atoms with E-state index in [-0.39, 0.29) is 0 Å². The van der Waals surface area contributed by atoms with E-state index in [0.717, 1.165) is 11.6 Å². The van der Waals surface area contributed by atoms with Crippen LogP contribution in [0.5, 0.6) is 0 Å². The maximum atomic E-state index is 5.76. The number of hydrogen-bond acceptors (Lipinski definition) is 3. The second-order valence-corrected chi connectivity index (χ2v) is 6.94. The molecule has 1 saturated carbocycles. The topological polar surface area (TPSA) is 32.5 Å². The van der Waals surface area contributed by atoms with Crippen molar-refractivity contribution < 1.29 is 0 Å². The molecule has 1 atom stereocenters. The van der Waals surface area contributed by atoms with Gasteiger partial charge in [-0.1, -0.05) is 19.1 Å². The first-order valence-electron chi connectivity index (χ1n) is 8.51. The van der Waals surface area contributed by atoms with E-state index in [1.165, 1.54) is 64.1 Å². The van der Waals surface area contributed by atoms with Crippen molar-refractivity contribution in [1.82, 2.24) is 9.80 Å². The number of nitrogens with two attached hydrogens (primary N) is 1. The van der Waals surface area contributed by atoms with Gasteiger partial charge in [0.2, 0.25) is 0 Å². The zero-order valence-corrected chi connectivity index (χ0v) is 13.3. The van der Waals surface area contributed by atoms with Crippen molar-refractivity contribution in [2.75, 3.05) is 45.0 Å². The minimum absolute atomic E-state index is 0.620. The Balaban J connectivity index is 1.38. The molecule has 116 valence electrons. The minimum Gasteiger partial charge on any atom is -0.399 e. The van der Waals surface area contributed by atoms with Gasteiger partial charge in [0, 0.05) is 38.4 Å². The van der Waals surface area contributed by atoms with Crippen LogP contribution >= 0.6 is 0 Å². The van der Waals surface area contributed by atoms with Gasteiger partial charge in [0.05, 0.1) is 0 Å². The van der Waals surface area contributed by atoms with Crippen LogP contribution in [0.4, 0.5) is 5.69 Å². The Morgan fingerprint density at radius 2 is 1.67 bits per heavy atom. The summed E-state index contributed by atoms with van der Waals surface area (Å²) >= 11 is 0. The van der Waals surface area contributed by atoms with Crippen molar-refractivity contribution >= 4 is 5.69 Å². The summed E-state index contributed by atoms with van der Waals surface area (Å²) in [7, 11) is 0. The summed E-state index contributed by atoms with van der Waals surface area (Å²) in [5.74, 6) is 1.65. The Bertz CT molecular complexity index is 430. The number of hydrogen-bond donors (Lipinski definition) is 1. The third-order valence-electron chi connectivity index (χ3n) is 5.06. The molecule has 0 bridgehead atoms. The third-order valence-corrected chi connectivity index (χ3v) is 5.06. The molecule has 1 heterocycles. The molecule has 0 amide bonds. The van der Waals surface area contributed by atoms with Crippen molar-refractivity contribution in [3.8, 4) is 0 Å². The highest BCUT2D eigenvalue weighted by molar-refractivity contribution is 5.40. The van der Waals surface area contributed by atoms with Gasteiger partial charge >= 0.3 is 0 Å². The molecule has 3 rings (SSSR count). The molecule has 3 heteroatoms. The molecule has 1 aliphatic heterocycles. The Morgan fingerprint density at radius 1 is 1.05 bits per heavy atom. The lowest BCUT2D eigenvalue weighted by molar-refractivity contribution is 0.126. The second kappa shape index (κ2) is 6.80. The summed E-state index contributed by atoms with van der Waals surface area (Å²) in [6.45, 7) is 9.95. The molecule has 2 aliphatic rings. The Hall–Kier alpha value is -1.06. The molecular weight excluding hydrogens is 258 g/mol. The fraction of sp³-hybridized carbons (Fsp3) is 0.667. The van der Waals surface area contributed by atoms with Crippen LogP contribution in [0.1, 0.15) is 37.7 Å². The Labute approximate surface area is 129 Å². The molecule has 21 heavy (non-hydrogen) atoms. The fourth-order valence-corrected chi connectivity index (χ4v) is 3.23. The van der Waals surface area contributed by atoms with E-state index in [1.807, 2.05) is 12.1 Å². The van der Waals surface area contributed by atoms with Gasteiger partial charge < -0.3 is 15.5 Å². The number of anilines is 1. The van der Waals surface area contributed by atoms with Gasteiger partial charge in [-0.05, 0) is 55.3 Å². The van der Waals surface area contributed by atoms with Crippen LogP contribution in [0.3, 0.4) is 0 Å². The van der Waals surface area contributed by atoms with E-state index in [9.17, 15) is 0 Å². The number of piperazine rings is 1. The normalized spacial score (nSPS) is 22.3. The quantitative estimate of drug-likeness (QED) is 0.817. The lowest BCUT2D eigenvalue weighted by Gasteiger charge is -2.35. The summed E-state index contributed by atoms with van der Waals surface area (Å²) in [4.78, 5) is 5.30. The van der Waals surface area contributed by atoms with Crippen LogP contribution < -0.4 is 5.73 Å². The molecule has 0 spiro atoms. The van der Waals surface area contributed by atoms with Gasteiger partial charge in [0.25, 0.3) is 0 Å². The number of rotatable bonds is 6. The first-order chi connectivity index (χ1) is 10.2. The average molecular weight is 287 g/mol. The first-order valence-corrected chi connectivity index (χ1v) is 8.51. The maximum Gasteiger partial charge on any atom is 0.0314 e. The smallest absolute Gasteiger partial charge is 0.0314 e. The van der Waals surface area contributed by atoms with Gasteiger partial charge in [-0.3, -0.25) is 0 Å². The molecule has 0 aromatic heterocycles. The van der Waals surface area contributed by atoms with E-state index in [2.05, 4.69) is 28.9 Å². The van der Waals surface area contributed by atoms with Gasteiger partial charge in [0.1, 0.15) is 0 Å². The molecule has 0 radical (unpaired) electrons. The van der Waals surface area contributed by atoms with Crippen molar-refractivity contribution in [3.63, 3.8) is 0 Å². The van der Waals surface area contributed by atoms with Crippen LogP contribution in [0.2, 0.25) is 0 Å². The summed E-state index contributed by atoms with van der Waals surface area (Å²) in [6.07, 6.45) is 4.19. The highest BCUT2D eigenvalue weighted by atomic mass is 15.3. The predicted molar refractivity (Wildman–Crippen MR) is 89.5 cm³/mol. The molecular formula is C18H29N3. The van der Waals surface area contributed by atoms with Gasteiger partial charge in [-0.25, -0.2) is 0 Å². The molecule has 3 nitrogen and oxygen atoms in total. The monoisotopic (exact) mass is 287 g/mol. The lowest BCUT2D eigenvalue weighted by atomic mass is 9.97. The highest BCUT2D eigenvalue weighted by Crippen LogP contribution is 2.30. The highest BCUT2D eigenvalue weighted by Gasteiger charge is 2.26. The van der Waals surface area contributed by atoms with Crippen molar-refractivity contribution in [2.45, 2.75) is 32.1 Å². The first kappa shape index (κ1) is 14.9. The SMILES string of the molecule is CC(CCN1CCN(CC2CC2)CC1)c1ccc(N)cc1. The lowest BCUT2D eigenvalue weighted by Crippen LogP contribution is -2.47. The fourth-order valence-electron chi connectivity index (χ4n) is 3.23. The predicted octanol–water partition coefficient (Wildman–Crippen LogP) is 2.79.